The standard InChI is InChI=1S/C24H27F4N3O3S/c1-15-5-6-20(17(14-15)21-18(25)9-12-29-22(21)26)35(33,34)31-13-3-4-19(31)23(32)30(2)16-7-10-24(27,28)11-8-16/h5-6,9,12,14,16,19H,3-4,7-8,10-11,13H2,1-2H3/t19-/m0/s1. The van der Waals surface area contributed by atoms with Gasteiger partial charge in [-0.25, -0.2) is 26.6 Å². The maximum absolute atomic E-state index is 14.6. The zero-order valence-electron chi connectivity index (χ0n) is 19.5. The fraction of sp³-hybridized carbons (Fsp3) is 0.500. The molecule has 0 bridgehead atoms. The number of hydrogen-bond donors (Lipinski definition) is 0. The van der Waals surface area contributed by atoms with Crippen LogP contribution in [-0.4, -0.2) is 60.1 Å². The number of halogens is 4. The first kappa shape index (κ1) is 25.6. The third-order valence-electron chi connectivity index (χ3n) is 6.92. The Morgan fingerprint density at radius 3 is 2.49 bits per heavy atom. The van der Waals surface area contributed by atoms with Crippen molar-refractivity contribution in [2.75, 3.05) is 13.6 Å². The van der Waals surface area contributed by atoms with E-state index in [1.54, 1.807) is 6.92 Å². The number of aryl methyl sites for hydroxylation is 1. The summed E-state index contributed by atoms with van der Waals surface area (Å²) in [6.45, 7) is 1.72. The minimum absolute atomic E-state index is 0.0562. The number of likely N-dealkylation sites (N-methyl/N-ethyl adjacent to an activating group) is 1. The fourth-order valence-electron chi connectivity index (χ4n) is 4.95. The van der Waals surface area contributed by atoms with E-state index < -0.39 is 51.3 Å². The molecule has 0 N–H and O–H groups in total. The second-order valence-electron chi connectivity index (χ2n) is 9.27. The number of benzene rings is 1. The molecule has 35 heavy (non-hydrogen) atoms. The van der Waals surface area contributed by atoms with E-state index in [1.807, 2.05) is 0 Å². The number of carbonyl (C=O) groups excluding carboxylic acids is 1. The van der Waals surface area contributed by atoms with Gasteiger partial charge in [0.05, 0.1) is 10.5 Å². The van der Waals surface area contributed by atoms with Gasteiger partial charge in [0, 0.05) is 44.2 Å². The van der Waals surface area contributed by atoms with Crippen LogP contribution < -0.4 is 0 Å². The smallest absolute Gasteiger partial charge is 0.248 e. The summed E-state index contributed by atoms with van der Waals surface area (Å²) in [6, 6.07) is 3.69. The van der Waals surface area contributed by atoms with E-state index in [2.05, 4.69) is 4.98 Å². The van der Waals surface area contributed by atoms with Crippen LogP contribution in [0.1, 0.15) is 44.1 Å². The van der Waals surface area contributed by atoms with Crippen LogP contribution in [0.25, 0.3) is 11.1 Å². The Morgan fingerprint density at radius 1 is 1.14 bits per heavy atom. The highest BCUT2D eigenvalue weighted by molar-refractivity contribution is 7.89. The second-order valence-corrected chi connectivity index (χ2v) is 11.1. The summed E-state index contributed by atoms with van der Waals surface area (Å²) in [7, 11) is -2.83. The lowest BCUT2D eigenvalue weighted by Crippen LogP contribution is -2.50. The van der Waals surface area contributed by atoms with E-state index in [0.29, 0.717) is 12.0 Å². The van der Waals surface area contributed by atoms with Crippen molar-refractivity contribution in [2.24, 2.45) is 0 Å². The molecule has 4 rings (SSSR count). The second kappa shape index (κ2) is 9.50. The molecule has 6 nitrogen and oxygen atoms in total. The molecule has 1 aliphatic carbocycles. The van der Waals surface area contributed by atoms with Crippen molar-refractivity contribution < 1.29 is 30.8 Å². The van der Waals surface area contributed by atoms with Gasteiger partial charge in [0.2, 0.25) is 27.8 Å². The average Bonchev–Trinajstić information content (AvgIpc) is 3.29. The molecule has 1 aromatic heterocycles. The van der Waals surface area contributed by atoms with Gasteiger partial charge in [-0.3, -0.25) is 4.79 Å². The zero-order valence-corrected chi connectivity index (χ0v) is 20.3. The van der Waals surface area contributed by atoms with Crippen molar-refractivity contribution in [3.63, 3.8) is 0 Å². The highest BCUT2D eigenvalue weighted by Crippen LogP contribution is 2.38. The number of alkyl halides is 2. The van der Waals surface area contributed by atoms with Crippen LogP contribution in [0.4, 0.5) is 17.6 Å². The van der Waals surface area contributed by atoms with Gasteiger partial charge >= 0.3 is 0 Å². The molecule has 2 heterocycles. The molecule has 11 heteroatoms. The van der Waals surface area contributed by atoms with Crippen LogP contribution in [0.15, 0.2) is 35.4 Å². The first-order valence-electron chi connectivity index (χ1n) is 11.5. The van der Waals surface area contributed by atoms with E-state index in [0.717, 1.165) is 16.6 Å². The Balaban J connectivity index is 1.67. The molecule has 1 amide bonds. The minimum Gasteiger partial charge on any atom is -0.341 e. The van der Waals surface area contributed by atoms with Gasteiger partial charge in [-0.2, -0.15) is 8.70 Å². The number of amides is 1. The van der Waals surface area contributed by atoms with Crippen molar-refractivity contribution in [1.82, 2.24) is 14.2 Å². The van der Waals surface area contributed by atoms with Gasteiger partial charge < -0.3 is 4.90 Å². The molecule has 1 saturated heterocycles. The maximum Gasteiger partial charge on any atom is 0.248 e. The van der Waals surface area contributed by atoms with Crippen LogP contribution in [0.2, 0.25) is 0 Å². The maximum atomic E-state index is 14.6. The molecule has 0 radical (unpaired) electrons. The number of hydrogen-bond acceptors (Lipinski definition) is 4. The van der Waals surface area contributed by atoms with E-state index in [9.17, 15) is 30.8 Å². The van der Waals surface area contributed by atoms with Crippen LogP contribution in [0.3, 0.4) is 0 Å². The molecule has 0 spiro atoms. The van der Waals surface area contributed by atoms with E-state index in [1.165, 1.54) is 30.1 Å². The molecule has 190 valence electrons. The summed E-state index contributed by atoms with van der Waals surface area (Å²) >= 11 is 0. The van der Waals surface area contributed by atoms with Gasteiger partial charge in [-0.15, -0.1) is 0 Å². The van der Waals surface area contributed by atoms with Gasteiger partial charge in [0.15, 0.2) is 0 Å². The third kappa shape index (κ3) is 4.93. The fourth-order valence-corrected chi connectivity index (χ4v) is 6.78. The number of rotatable bonds is 5. The van der Waals surface area contributed by atoms with Crippen LogP contribution in [-0.2, 0) is 14.8 Å². The van der Waals surface area contributed by atoms with Crippen molar-refractivity contribution in [3.8, 4) is 11.1 Å². The summed E-state index contributed by atoms with van der Waals surface area (Å²) in [6.07, 6.45) is 1.26. The van der Waals surface area contributed by atoms with Crippen molar-refractivity contribution in [1.29, 1.82) is 0 Å². The molecule has 2 aliphatic rings. The molecular weight excluding hydrogens is 486 g/mol. The molecule has 2 fully saturated rings. The Bertz CT molecular complexity index is 1210. The van der Waals surface area contributed by atoms with Gasteiger partial charge in [-0.1, -0.05) is 11.6 Å². The topological polar surface area (TPSA) is 70.6 Å². The lowest BCUT2D eigenvalue weighted by atomic mass is 9.91. The number of aromatic nitrogens is 1. The lowest BCUT2D eigenvalue weighted by molar-refractivity contribution is -0.138. The lowest BCUT2D eigenvalue weighted by Gasteiger charge is -2.37. The predicted molar refractivity (Wildman–Crippen MR) is 121 cm³/mol. The molecule has 1 atom stereocenters. The van der Waals surface area contributed by atoms with Crippen molar-refractivity contribution in [3.05, 3.63) is 47.8 Å². The molecule has 1 saturated carbocycles. The number of nitrogens with zero attached hydrogens (tertiary/aromatic N) is 3. The largest absolute Gasteiger partial charge is 0.341 e. The SMILES string of the molecule is Cc1ccc(S(=O)(=O)N2CCC[C@H]2C(=O)N(C)C2CCC(F)(F)CC2)c(-c2c(F)ccnc2F)c1. The highest BCUT2D eigenvalue weighted by Gasteiger charge is 2.44. The number of sulfonamides is 1. The number of pyridine rings is 1. The summed E-state index contributed by atoms with van der Waals surface area (Å²) in [5.74, 6) is -5.31. The minimum atomic E-state index is -4.34. The van der Waals surface area contributed by atoms with Crippen LogP contribution in [0, 0.1) is 18.7 Å². The quantitative estimate of drug-likeness (QED) is 0.435. The molecular formula is C24H27F4N3O3S. The zero-order chi connectivity index (χ0) is 25.5. The van der Waals surface area contributed by atoms with Crippen LogP contribution in [0.5, 0.6) is 0 Å². The van der Waals surface area contributed by atoms with Crippen molar-refractivity contribution in [2.45, 2.75) is 68.4 Å². The van der Waals surface area contributed by atoms with Gasteiger partial charge in [-0.05, 0) is 50.8 Å². The van der Waals surface area contributed by atoms with Crippen molar-refractivity contribution >= 4 is 15.9 Å². The van der Waals surface area contributed by atoms with Gasteiger partial charge in [0.25, 0.3) is 0 Å². The Labute approximate surface area is 202 Å². The molecule has 1 aliphatic heterocycles. The van der Waals surface area contributed by atoms with E-state index in [4.69, 9.17) is 0 Å². The number of carbonyl (C=O) groups is 1. The van der Waals surface area contributed by atoms with Gasteiger partial charge in [0.1, 0.15) is 11.9 Å². The Morgan fingerprint density at radius 2 is 1.83 bits per heavy atom. The predicted octanol–water partition coefficient (Wildman–Crippen LogP) is 4.52. The third-order valence-corrected chi connectivity index (χ3v) is 8.88. The first-order valence-corrected chi connectivity index (χ1v) is 12.9. The Kier molecular flexibility index (Phi) is 6.93. The summed E-state index contributed by atoms with van der Waals surface area (Å²) in [5.41, 5.74) is -0.143. The average molecular weight is 514 g/mol. The first-order chi connectivity index (χ1) is 16.4. The van der Waals surface area contributed by atoms with E-state index >= 15 is 0 Å². The highest BCUT2D eigenvalue weighted by atomic mass is 32.2. The van der Waals surface area contributed by atoms with Crippen LogP contribution >= 0.6 is 0 Å². The summed E-state index contributed by atoms with van der Waals surface area (Å²) in [4.78, 5) is 17.8. The normalized spacial score (nSPS) is 21.3. The monoisotopic (exact) mass is 513 g/mol. The molecule has 0 unspecified atom stereocenters. The summed E-state index contributed by atoms with van der Waals surface area (Å²) in [5, 5.41) is 0. The van der Waals surface area contributed by atoms with E-state index in [-0.39, 0.29) is 49.1 Å². The molecule has 2 aromatic rings. The molecule has 1 aromatic carbocycles. The summed E-state index contributed by atoms with van der Waals surface area (Å²) < 4.78 is 84.8. The Hall–Kier alpha value is -2.53.